The van der Waals surface area contributed by atoms with Crippen LogP contribution in [0.4, 0.5) is 0 Å². The Hall–Kier alpha value is -0.120. The van der Waals surface area contributed by atoms with Gasteiger partial charge in [-0.05, 0) is 38.6 Å². The monoisotopic (exact) mass is 186 g/mol. The highest BCUT2D eigenvalue weighted by Crippen LogP contribution is 2.18. The third-order valence-electron chi connectivity index (χ3n) is 2.92. The Morgan fingerprint density at radius 3 is 3.00 bits per heavy atom. The van der Waals surface area contributed by atoms with Crippen LogP contribution in [-0.2, 0) is 0 Å². The molecule has 3 heteroatoms. The second-order valence-corrected chi connectivity index (χ2v) is 4.14. The van der Waals surface area contributed by atoms with Gasteiger partial charge >= 0.3 is 0 Å². The van der Waals surface area contributed by atoms with Gasteiger partial charge in [-0.3, -0.25) is 0 Å². The number of nitrogens with zero attached hydrogens (tertiary/aromatic N) is 1. The van der Waals surface area contributed by atoms with E-state index in [0.717, 1.165) is 19.5 Å². The van der Waals surface area contributed by atoms with Crippen molar-refractivity contribution in [3.8, 4) is 0 Å². The molecular formula is C10H22N2O. The molecule has 0 bridgehead atoms. The summed E-state index contributed by atoms with van der Waals surface area (Å²) >= 11 is 0. The lowest BCUT2D eigenvalue weighted by atomic mass is 9.92. The number of aliphatic hydroxyl groups excluding tert-OH is 1. The first-order valence-electron chi connectivity index (χ1n) is 5.33. The molecule has 1 aliphatic heterocycles. The standard InChI is InChI=1S/C10H22N2O/c1-9(11)10-4-2-5-12(8-10)6-3-7-13/h9-10,13H,2-8,11H2,1H3. The SMILES string of the molecule is CC(N)C1CCCN(CCCO)C1. The van der Waals surface area contributed by atoms with Crippen molar-refractivity contribution in [1.82, 2.24) is 4.90 Å². The molecule has 3 nitrogen and oxygen atoms in total. The lowest BCUT2D eigenvalue weighted by Gasteiger charge is -2.34. The molecule has 0 saturated carbocycles. The summed E-state index contributed by atoms with van der Waals surface area (Å²) in [4.78, 5) is 2.42. The zero-order chi connectivity index (χ0) is 9.68. The molecule has 1 saturated heterocycles. The third kappa shape index (κ3) is 3.63. The summed E-state index contributed by atoms with van der Waals surface area (Å²) in [6.07, 6.45) is 3.43. The quantitative estimate of drug-likeness (QED) is 0.669. The predicted octanol–water partition coefficient (Wildman–Crippen LogP) is 0.428. The molecule has 0 aromatic carbocycles. The molecule has 0 spiro atoms. The van der Waals surface area contributed by atoms with Crippen LogP contribution in [0.25, 0.3) is 0 Å². The smallest absolute Gasteiger partial charge is 0.0443 e. The van der Waals surface area contributed by atoms with Crippen molar-refractivity contribution in [2.45, 2.75) is 32.2 Å². The zero-order valence-corrected chi connectivity index (χ0v) is 8.58. The van der Waals surface area contributed by atoms with E-state index in [1.807, 2.05) is 0 Å². The Morgan fingerprint density at radius 1 is 1.62 bits per heavy atom. The van der Waals surface area contributed by atoms with Crippen molar-refractivity contribution in [3.63, 3.8) is 0 Å². The Kier molecular flexibility index (Phi) is 4.70. The van der Waals surface area contributed by atoms with Gasteiger partial charge in [0.15, 0.2) is 0 Å². The minimum absolute atomic E-state index is 0.305. The molecule has 3 N–H and O–H groups in total. The van der Waals surface area contributed by atoms with Gasteiger partial charge in [0, 0.05) is 25.7 Å². The average Bonchev–Trinajstić information content (AvgIpc) is 2.15. The molecule has 78 valence electrons. The van der Waals surface area contributed by atoms with E-state index in [4.69, 9.17) is 10.8 Å². The molecule has 0 aliphatic carbocycles. The number of likely N-dealkylation sites (tertiary alicyclic amines) is 1. The average molecular weight is 186 g/mol. The molecular weight excluding hydrogens is 164 g/mol. The summed E-state index contributed by atoms with van der Waals surface area (Å²) in [5.41, 5.74) is 5.88. The molecule has 2 unspecified atom stereocenters. The van der Waals surface area contributed by atoms with Gasteiger partial charge in [-0.2, -0.15) is 0 Å². The van der Waals surface area contributed by atoms with E-state index in [9.17, 15) is 0 Å². The molecule has 0 amide bonds. The minimum atomic E-state index is 0.305. The molecule has 1 aliphatic rings. The predicted molar refractivity (Wildman–Crippen MR) is 54.5 cm³/mol. The molecule has 1 heterocycles. The van der Waals surface area contributed by atoms with Crippen molar-refractivity contribution < 1.29 is 5.11 Å². The molecule has 0 aromatic rings. The third-order valence-corrected chi connectivity index (χ3v) is 2.92. The van der Waals surface area contributed by atoms with Crippen LogP contribution in [0.5, 0.6) is 0 Å². The largest absolute Gasteiger partial charge is 0.396 e. The normalized spacial score (nSPS) is 27.5. The highest BCUT2D eigenvalue weighted by molar-refractivity contribution is 4.78. The van der Waals surface area contributed by atoms with Gasteiger partial charge in [-0.15, -0.1) is 0 Å². The fourth-order valence-electron chi connectivity index (χ4n) is 2.02. The van der Waals surface area contributed by atoms with Gasteiger partial charge in [-0.1, -0.05) is 0 Å². The maximum absolute atomic E-state index is 8.72. The Labute approximate surface area is 80.9 Å². The Bertz CT molecular complexity index is 139. The van der Waals surface area contributed by atoms with E-state index >= 15 is 0 Å². The molecule has 0 radical (unpaired) electrons. The number of hydrogen-bond acceptors (Lipinski definition) is 3. The van der Waals surface area contributed by atoms with Crippen molar-refractivity contribution in [3.05, 3.63) is 0 Å². The molecule has 1 fully saturated rings. The summed E-state index contributed by atoms with van der Waals surface area (Å²) in [5.74, 6) is 0.660. The van der Waals surface area contributed by atoms with Gasteiger partial charge in [0.2, 0.25) is 0 Å². The summed E-state index contributed by atoms with van der Waals surface area (Å²) in [6, 6.07) is 0.317. The van der Waals surface area contributed by atoms with Crippen LogP contribution < -0.4 is 5.73 Å². The fraction of sp³-hybridized carbons (Fsp3) is 1.00. The van der Waals surface area contributed by atoms with E-state index in [1.54, 1.807) is 0 Å². The highest BCUT2D eigenvalue weighted by atomic mass is 16.3. The summed E-state index contributed by atoms with van der Waals surface area (Å²) in [6.45, 7) is 5.74. The van der Waals surface area contributed by atoms with E-state index in [2.05, 4.69) is 11.8 Å². The van der Waals surface area contributed by atoms with Crippen molar-refractivity contribution in [2.75, 3.05) is 26.2 Å². The number of piperidine rings is 1. The molecule has 13 heavy (non-hydrogen) atoms. The van der Waals surface area contributed by atoms with Crippen LogP contribution in [0.3, 0.4) is 0 Å². The second-order valence-electron chi connectivity index (χ2n) is 4.14. The lowest BCUT2D eigenvalue weighted by Crippen LogP contribution is -2.42. The summed E-state index contributed by atoms with van der Waals surface area (Å²) in [5, 5.41) is 8.72. The fourth-order valence-corrected chi connectivity index (χ4v) is 2.02. The topological polar surface area (TPSA) is 49.5 Å². The highest BCUT2D eigenvalue weighted by Gasteiger charge is 2.21. The number of rotatable bonds is 4. The summed E-state index contributed by atoms with van der Waals surface area (Å²) < 4.78 is 0. The van der Waals surface area contributed by atoms with Gasteiger partial charge in [0.1, 0.15) is 0 Å². The minimum Gasteiger partial charge on any atom is -0.396 e. The van der Waals surface area contributed by atoms with Crippen LogP contribution in [-0.4, -0.2) is 42.3 Å². The van der Waals surface area contributed by atoms with Crippen LogP contribution >= 0.6 is 0 Å². The first kappa shape index (κ1) is 11.0. The number of aliphatic hydroxyl groups is 1. The van der Waals surface area contributed by atoms with E-state index in [0.29, 0.717) is 18.6 Å². The second kappa shape index (κ2) is 5.58. The first-order chi connectivity index (χ1) is 6.24. The Morgan fingerprint density at radius 2 is 2.38 bits per heavy atom. The van der Waals surface area contributed by atoms with E-state index in [-0.39, 0.29) is 0 Å². The lowest BCUT2D eigenvalue weighted by molar-refractivity contribution is 0.148. The molecule has 1 rings (SSSR count). The van der Waals surface area contributed by atoms with Gasteiger partial charge in [0.05, 0.1) is 0 Å². The van der Waals surface area contributed by atoms with Crippen molar-refractivity contribution >= 4 is 0 Å². The van der Waals surface area contributed by atoms with Gasteiger partial charge in [-0.25, -0.2) is 0 Å². The molecule has 0 aromatic heterocycles. The van der Waals surface area contributed by atoms with Crippen molar-refractivity contribution in [1.29, 1.82) is 0 Å². The molecule has 2 atom stereocenters. The van der Waals surface area contributed by atoms with Crippen LogP contribution in [0, 0.1) is 5.92 Å². The maximum atomic E-state index is 8.72. The van der Waals surface area contributed by atoms with Gasteiger partial charge in [0.25, 0.3) is 0 Å². The summed E-state index contributed by atoms with van der Waals surface area (Å²) in [7, 11) is 0. The van der Waals surface area contributed by atoms with Crippen molar-refractivity contribution in [2.24, 2.45) is 11.7 Å². The maximum Gasteiger partial charge on any atom is 0.0443 e. The number of hydrogen-bond donors (Lipinski definition) is 2. The van der Waals surface area contributed by atoms with Crippen LogP contribution in [0.15, 0.2) is 0 Å². The van der Waals surface area contributed by atoms with Gasteiger partial charge < -0.3 is 15.7 Å². The van der Waals surface area contributed by atoms with Crippen LogP contribution in [0.2, 0.25) is 0 Å². The van der Waals surface area contributed by atoms with Crippen LogP contribution in [0.1, 0.15) is 26.2 Å². The first-order valence-corrected chi connectivity index (χ1v) is 5.33. The van der Waals surface area contributed by atoms with E-state index in [1.165, 1.54) is 19.4 Å². The number of nitrogens with two attached hydrogens (primary N) is 1. The van der Waals surface area contributed by atoms with E-state index < -0.39 is 0 Å². The Balaban J connectivity index is 2.25. The zero-order valence-electron chi connectivity index (χ0n) is 8.58.